The van der Waals surface area contributed by atoms with Crippen LogP contribution in [-0.4, -0.2) is 16.6 Å². The number of fused-ring (bicyclic) bond motifs is 1. The first kappa shape index (κ1) is 36.0. The van der Waals surface area contributed by atoms with Gasteiger partial charge in [0.05, 0.1) is 16.9 Å². The molecule has 0 spiro atoms. The van der Waals surface area contributed by atoms with E-state index in [1.54, 1.807) is 12.1 Å². The van der Waals surface area contributed by atoms with Gasteiger partial charge in [0, 0.05) is 24.5 Å². The van der Waals surface area contributed by atoms with E-state index in [2.05, 4.69) is 60.7 Å². The maximum Gasteiger partial charge on any atom is 0.262 e. The molecule has 7 rings (SSSR count). The SMILES string of the molecule is Cc1nc2ccc(N(C)c3ccc(F)cc3)cc2c(=O)n1C(CCc1ccccc1)c1ccccc1.NC(CCc1ccccc1)c1ccccc1. The summed E-state index contributed by atoms with van der Waals surface area (Å²) < 4.78 is 15.2. The van der Waals surface area contributed by atoms with Crippen molar-refractivity contribution in [1.82, 2.24) is 9.55 Å². The molecule has 6 heteroatoms. The maximum atomic E-state index is 14.0. The summed E-state index contributed by atoms with van der Waals surface area (Å²) in [6, 6.07) is 53.3. The van der Waals surface area contributed by atoms with Crippen LogP contribution < -0.4 is 16.2 Å². The number of hydrogen-bond acceptors (Lipinski definition) is 4. The predicted octanol–water partition coefficient (Wildman–Crippen LogP) is 10.2. The van der Waals surface area contributed by atoms with Crippen molar-refractivity contribution >= 4 is 22.3 Å². The maximum absolute atomic E-state index is 14.0. The molecular weight excluding hydrogens is 644 g/mol. The van der Waals surface area contributed by atoms with Gasteiger partial charge >= 0.3 is 0 Å². The Labute approximate surface area is 305 Å². The van der Waals surface area contributed by atoms with Gasteiger partial charge in [0.2, 0.25) is 0 Å². The monoisotopic (exact) mass is 688 g/mol. The Balaban J connectivity index is 0.000000242. The van der Waals surface area contributed by atoms with E-state index in [0.29, 0.717) is 16.7 Å². The van der Waals surface area contributed by atoms with Crippen molar-refractivity contribution in [2.45, 2.75) is 44.7 Å². The van der Waals surface area contributed by atoms with Crippen LogP contribution in [0.5, 0.6) is 0 Å². The average Bonchev–Trinajstić information content (AvgIpc) is 3.20. The zero-order valence-electron chi connectivity index (χ0n) is 29.8. The smallest absolute Gasteiger partial charge is 0.262 e. The molecule has 5 nitrogen and oxygen atoms in total. The lowest BCUT2D eigenvalue weighted by Crippen LogP contribution is -2.29. The molecule has 0 radical (unpaired) electrons. The third-order valence-corrected chi connectivity index (χ3v) is 9.52. The molecule has 0 saturated heterocycles. The van der Waals surface area contributed by atoms with Gasteiger partial charge in [-0.05, 0) is 97.3 Å². The van der Waals surface area contributed by atoms with Crippen molar-refractivity contribution < 1.29 is 4.39 Å². The third-order valence-electron chi connectivity index (χ3n) is 9.52. The molecule has 7 aromatic rings. The molecule has 1 heterocycles. The summed E-state index contributed by atoms with van der Waals surface area (Å²) in [6.07, 6.45) is 3.65. The van der Waals surface area contributed by atoms with E-state index < -0.39 is 0 Å². The summed E-state index contributed by atoms with van der Waals surface area (Å²) in [4.78, 5) is 20.7. The molecule has 1 aromatic heterocycles. The van der Waals surface area contributed by atoms with Crippen LogP contribution in [0.2, 0.25) is 0 Å². The molecule has 262 valence electrons. The van der Waals surface area contributed by atoms with Crippen LogP contribution in [0.3, 0.4) is 0 Å². The zero-order valence-corrected chi connectivity index (χ0v) is 29.8. The topological polar surface area (TPSA) is 64.2 Å². The van der Waals surface area contributed by atoms with Gasteiger partial charge in [0.1, 0.15) is 11.6 Å². The van der Waals surface area contributed by atoms with Gasteiger partial charge < -0.3 is 10.6 Å². The summed E-state index contributed by atoms with van der Waals surface area (Å²) >= 11 is 0. The Morgan fingerprint density at radius 2 is 1.15 bits per heavy atom. The van der Waals surface area contributed by atoms with Crippen LogP contribution in [0.1, 0.15) is 53.0 Å². The second-order valence-corrected chi connectivity index (χ2v) is 13.1. The normalized spacial score (nSPS) is 12.1. The van der Waals surface area contributed by atoms with Gasteiger partial charge in [-0.2, -0.15) is 0 Å². The Morgan fingerprint density at radius 3 is 1.73 bits per heavy atom. The lowest BCUT2D eigenvalue weighted by Gasteiger charge is -2.24. The molecule has 0 aliphatic rings. The van der Waals surface area contributed by atoms with E-state index in [1.807, 2.05) is 102 Å². The number of aromatic nitrogens is 2. The second-order valence-electron chi connectivity index (χ2n) is 13.1. The number of aryl methyl sites for hydroxylation is 3. The van der Waals surface area contributed by atoms with Crippen molar-refractivity contribution in [2.75, 3.05) is 11.9 Å². The first-order valence-electron chi connectivity index (χ1n) is 17.8. The lowest BCUT2D eigenvalue weighted by molar-refractivity contribution is 0.508. The van der Waals surface area contributed by atoms with Gasteiger partial charge in [-0.1, -0.05) is 121 Å². The molecule has 0 amide bonds. The van der Waals surface area contributed by atoms with E-state index in [4.69, 9.17) is 10.7 Å². The molecule has 52 heavy (non-hydrogen) atoms. The number of anilines is 2. The quantitative estimate of drug-likeness (QED) is 0.147. The van der Waals surface area contributed by atoms with Crippen molar-refractivity contribution in [3.63, 3.8) is 0 Å². The van der Waals surface area contributed by atoms with Crippen LogP contribution in [0.15, 0.2) is 169 Å². The van der Waals surface area contributed by atoms with Gasteiger partial charge in [-0.25, -0.2) is 9.37 Å². The van der Waals surface area contributed by atoms with Crippen LogP contribution in [0.4, 0.5) is 15.8 Å². The summed E-state index contributed by atoms with van der Waals surface area (Å²) in [6.45, 7) is 1.90. The van der Waals surface area contributed by atoms with Crippen LogP contribution in [-0.2, 0) is 12.8 Å². The Hall–Kier alpha value is -5.85. The molecule has 0 bridgehead atoms. The van der Waals surface area contributed by atoms with Crippen LogP contribution >= 0.6 is 0 Å². The fourth-order valence-electron chi connectivity index (χ4n) is 6.59. The van der Waals surface area contributed by atoms with E-state index in [1.165, 1.54) is 28.8 Å². The highest BCUT2D eigenvalue weighted by Crippen LogP contribution is 2.28. The molecule has 0 aliphatic heterocycles. The average molecular weight is 689 g/mol. The molecular formula is C46H45FN4O. The summed E-state index contributed by atoms with van der Waals surface area (Å²) in [7, 11) is 1.90. The Morgan fingerprint density at radius 1 is 0.654 bits per heavy atom. The van der Waals surface area contributed by atoms with E-state index in [0.717, 1.165) is 42.6 Å². The van der Waals surface area contributed by atoms with E-state index in [9.17, 15) is 9.18 Å². The van der Waals surface area contributed by atoms with Crippen LogP contribution in [0.25, 0.3) is 10.9 Å². The summed E-state index contributed by atoms with van der Waals surface area (Å²) in [5.74, 6) is 0.407. The number of hydrogen-bond donors (Lipinski definition) is 1. The van der Waals surface area contributed by atoms with Crippen LogP contribution in [0, 0.1) is 12.7 Å². The van der Waals surface area contributed by atoms with Gasteiger partial charge in [0.15, 0.2) is 0 Å². The minimum Gasteiger partial charge on any atom is -0.345 e. The molecule has 2 N–H and O–H groups in total. The Bertz CT molecular complexity index is 2210. The molecule has 2 unspecified atom stereocenters. The van der Waals surface area contributed by atoms with E-state index >= 15 is 0 Å². The van der Waals surface area contributed by atoms with Crippen molar-refractivity contribution in [3.8, 4) is 0 Å². The van der Waals surface area contributed by atoms with Gasteiger partial charge in [-0.3, -0.25) is 9.36 Å². The standard InChI is InChI=1S/C31H28FN3O.C15H17N/c1-22-33-29-19-18-27(34(2)26-16-14-25(32)15-17-26)21-28(29)31(36)35(22)30(24-11-7-4-8-12-24)20-13-23-9-5-3-6-10-23;16-15(14-9-5-2-6-10-14)12-11-13-7-3-1-4-8-13/h3-12,14-19,21,30H,13,20H2,1-2H3;1-10,15H,11-12,16H2. The predicted molar refractivity (Wildman–Crippen MR) is 213 cm³/mol. The van der Waals surface area contributed by atoms with Crippen molar-refractivity contribution in [1.29, 1.82) is 0 Å². The number of nitrogens with zero attached hydrogens (tertiary/aromatic N) is 3. The summed E-state index contributed by atoms with van der Waals surface area (Å²) in [5.41, 5.74) is 13.3. The van der Waals surface area contributed by atoms with Gasteiger partial charge in [0.25, 0.3) is 5.56 Å². The highest BCUT2D eigenvalue weighted by atomic mass is 19.1. The zero-order chi connectivity index (χ0) is 36.3. The van der Waals surface area contributed by atoms with E-state index in [-0.39, 0.29) is 23.5 Å². The number of halogens is 1. The molecule has 2 atom stereocenters. The highest BCUT2D eigenvalue weighted by molar-refractivity contribution is 5.83. The van der Waals surface area contributed by atoms with Gasteiger partial charge in [-0.15, -0.1) is 0 Å². The minimum absolute atomic E-state index is 0.0613. The first-order valence-corrected chi connectivity index (χ1v) is 17.8. The number of benzene rings is 6. The Kier molecular flexibility index (Phi) is 12.0. The second kappa shape index (κ2) is 17.4. The third kappa shape index (κ3) is 9.08. The molecule has 0 fully saturated rings. The summed E-state index contributed by atoms with van der Waals surface area (Å²) in [5, 5.41) is 0.563. The lowest BCUT2D eigenvalue weighted by atomic mass is 9.98. The first-order chi connectivity index (χ1) is 25.4. The number of nitrogens with two attached hydrogens (primary N) is 1. The van der Waals surface area contributed by atoms with Crippen molar-refractivity contribution in [2.24, 2.45) is 5.73 Å². The fourth-order valence-corrected chi connectivity index (χ4v) is 6.59. The number of rotatable bonds is 11. The molecule has 0 saturated carbocycles. The fraction of sp³-hybridized carbons (Fsp3) is 0.174. The van der Waals surface area contributed by atoms with Crippen molar-refractivity contribution in [3.05, 3.63) is 208 Å². The minimum atomic E-state index is -0.282. The molecule has 0 aliphatic carbocycles. The highest BCUT2D eigenvalue weighted by Gasteiger charge is 2.20. The molecule has 6 aromatic carbocycles. The largest absolute Gasteiger partial charge is 0.345 e.